The second kappa shape index (κ2) is 8.65. The van der Waals surface area contributed by atoms with Crippen LogP contribution in [0.3, 0.4) is 0 Å². The van der Waals surface area contributed by atoms with Gasteiger partial charge in [-0.3, -0.25) is 4.79 Å². The first-order chi connectivity index (χ1) is 12.4. The molecule has 0 saturated carbocycles. The highest BCUT2D eigenvalue weighted by molar-refractivity contribution is 7.89. The van der Waals surface area contributed by atoms with Crippen LogP contribution in [0.2, 0.25) is 0 Å². The monoisotopic (exact) mass is 380 g/mol. The van der Waals surface area contributed by atoms with Gasteiger partial charge in [-0.05, 0) is 36.4 Å². The van der Waals surface area contributed by atoms with Crippen molar-refractivity contribution in [2.75, 3.05) is 26.1 Å². The topological polar surface area (TPSA) is 114 Å². The van der Waals surface area contributed by atoms with E-state index in [-0.39, 0.29) is 4.90 Å². The van der Waals surface area contributed by atoms with E-state index in [4.69, 9.17) is 9.47 Å². The predicted molar refractivity (Wildman–Crippen MR) is 95.8 cm³/mol. The van der Waals surface area contributed by atoms with Crippen LogP contribution in [-0.2, 0) is 14.8 Å². The summed E-state index contributed by atoms with van der Waals surface area (Å²) in [6, 6.07) is 10.9. The van der Waals surface area contributed by atoms with Crippen molar-refractivity contribution in [1.29, 1.82) is 0 Å². The SMILES string of the molecule is COc1ccc(S(=O)(=O)NC(CO)C(=O)Nc2cccc(OC)c2)cc1. The van der Waals surface area contributed by atoms with Gasteiger partial charge >= 0.3 is 0 Å². The lowest BCUT2D eigenvalue weighted by molar-refractivity contribution is -0.118. The second-order valence-corrected chi connectivity index (χ2v) is 6.97. The number of carbonyl (C=O) groups is 1. The summed E-state index contributed by atoms with van der Waals surface area (Å²) >= 11 is 0. The Morgan fingerprint density at radius 3 is 2.31 bits per heavy atom. The Hall–Kier alpha value is -2.62. The van der Waals surface area contributed by atoms with Gasteiger partial charge in [0, 0.05) is 11.8 Å². The van der Waals surface area contributed by atoms with Crippen molar-refractivity contribution in [3.05, 3.63) is 48.5 Å². The van der Waals surface area contributed by atoms with Crippen LogP contribution in [-0.4, -0.2) is 46.3 Å². The van der Waals surface area contributed by atoms with Gasteiger partial charge < -0.3 is 19.9 Å². The van der Waals surface area contributed by atoms with Crippen molar-refractivity contribution in [3.8, 4) is 11.5 Å². The third-order valence-corrected chi connectivity index (χ3v) is 4.99. The molecular formula is C17H20N2O6S. The van der Waals surface area contributed by atoms with Crippen LogP contribution in [0.4, 0.5) is 5.69 Å². The number of hydrogen-bond donors (Lipinski definition) is 3. The zero-order chi connectivity index (χ0) is 19.2. The molecule has 3 N–H and O–H groups in total. The first-order valence-corrected chi connectivity index (χ1v) is 9.10. The molecule has 0 aliphatic carbocycles. The summed E-state index contributed by atoms with van der Waals surface area (Å²) in [7, 11) is -1.05. The van der Waals surface area contributed by atoms with E-state index in [0.29, 0.717) is 17.2 Å². The molecule has 1 atom stereocenters. The molecule has 2 aromatic carbocycles. The first kappa shape index (κ1) is 19.7. The van der Waals surface area contributed by atoms with Crippen LogP contribution < -0.4 is 19.5 Å². The molecular weight excluding hydrogens is 360 g/mol. The van der Waals surface area contributed by atoms with E-state index < -0.39 is 28.6 Å². The van der Waals surface area contributed by atoms with E-state index in [1.54, 1.807) is 24.3 Å². The van der Waals surface area contributed by atoms with Crippen LogP contribution in [0.5, 0.6) is 11.5 Å². The minimum atomic E-state index is -4.00. The maximum Gasteiger partial charge on any atom is 0.244 e. The third-order valence-electron chi connectivity index (χ3n) is 3.50. The van der Waals surface area contributed by atoms with E-state index in [1.807, 2.05) is 0 Å². The molecule has 2 rings (SSSR count). The minimum absolute atomic E-state index is 0.0501. The molecule has 26 heavy (non-hydrogen) atoms. The van der Waals surface area contributed by atoms with Crippen molar-refractivity contribution >= 4 is 21.6 Å². The Bertz CT molecular complexity index is 852. The molecule has 0 spiro atoms. The zero-order valence-corrected chi connectivity index (χ0v) is 15.1. The van der Waals surface area contributed by atoms with E-state index in [2.05, 4.69) is 10.0 Å². The van der Waals surface area contributed by atoms with Crippen LogP contribution in [0.1, 0.15) is 0 Å². The number of benzene rings is 2. The predicted octanol–water partition coefficient (Wildman–Crippen LogP) is 0.982. The van der Waals surface area contributed by atoms with Crippen LogP contribution in [0.25, 0.3) is 0 Å². The largest absolute Gasteiger partial charge is 0.497 e. The standard InChI is InChI=1S/C17H20N2O6S/c1-24-13-6-8-15(9-7-13)26(22,23)19-16(11-20)17(21)18-12-4-3-5-14(10-12)25-2/h3-10,16,19-20H,11H2,1-2H3,(H,18,21). The lowest BCUT2D eigenvalue weighted by Crippen LogP contribution is -2.46. The van der Waals surface area contributed by atoms with Gasteiger partial charge in [-0.15, -0.1) is 0 Å². The van der Waals surface area contributed by atoms with Crippen molar-refractivity contribution < 1.29 is 27.8 Å². The molecule has 0 aromatic heterocycles. The van der Waals surface area contributed by atoms with Crippen LogP contribution in [0, 0.1) is 0 Å². The fourth-order valence-corrected chi connectivity index (χ4v) is 3.30. The number of aliphatic hydroxyl groups excluding tert-OH is 1. The normalized spacial score (nSPS) is 12.3. The summed E-state index contributed by atoms with van der Waals surface area (Å²) in [4.78, 5) is 12.2. The number of methoxy groups -OCH3 is 2. The molecule has 0 aliphatic rings. The number of sulfonamides is 1. The second-order valence-electron chi connectivity index (χ2n) is 5.25. The number of carbonyl (C=O) groups excluding carboxylic acids is 1. The lowest BCUT2D eigenvalue weighted by atomic mass is 10.2. The highest BCUT2D eigenvalue weighted by Gasteiger charge is 2.25. The number of amides is 1. The average Bonchev–Trinajstić information content (AvgIpc) is 2.66. The number of aliphatic hydroxyl groups is 1. The molecule has 0 saturated heterocycles. The molecule has 0 fully saturated rings. The van der Waals surface area contributed by atoms with Crippen LogP contribution >= 0.6 is 0 Å². The van der Waals surface area contributed by atoms with Crippen LogP contribution in [0.15, 0.2) is 53.4 Å². The van der Waals surface area contributed by atoms with Crippen molar-refractivity contribution in [2.24, 2.45) is 0 Å². The molecule has 0 radical (unpaired) electrons. The Morgan fingerprint density at radius 2 is 1.73 bits per heavy atom. The van der Waals surface area contributed by atoms with Gasteiger partial charge in [0.05, 0.1) is 25.7 Å². The van der Waals surface area contributed by atoms with Crippen molar-refractivity contribution in [2.45, 2.75) is 10.9 Å². The van der Waals surface area contributed by atoms with Gasteiger partial charge in [0.1, 0.15) is 17.5 Å². The Labute approximate surface area is 151 Å². The Morgan fingerprint density at radius 1 is 1.08 bits per heavy atom. The molecule has 8 nitrogen and oxygen atoms in total. The average molecular weight is 380 g/mol. The Balaban J connectivity index is 2.12. The number of ether oxygens (including phenoxy) is 2. The lowest BCUT2D eigenvalue weighted by Gasteiger charge is -2.17. The fourth-order valence-electron chi connectivity index (χ4n) is 2.11. The van der Waals surface area contributed by atoms with Gasteiger partial charge in [-0.1, -0.05) is 6.07 Å². The molecule has 0 aliphatic heterocycles. The summed E-state index contributed by atoms with van der Waals surface area (Å²) in [6.07, 6.45) is 0. The van der Waals surface area contributed by atoms with E-state index in [0.717, 1.165) is 0 Å². The maximum atomic E-state index is 12.4. The van der Waals surface area contributed by atoms with E-state index in [9.17, 15) is 18.3 Å². The fraction of sp³-hybridized carbons (Fsp3) is 0.235. The molecule has 1 amide bonds. The molecule has 1 unspecified atom stereocenters. The number of hydrogen-bond acceptors (Lipinski definition) is 6. The maximum absolute atomic E-state index is 12.4. The van der Waals surface area contributed by atoms with E-state index in [1.165, 1.54) is 38.5 Å². The number of rotatable bonds is 8. The molecule has 140 valence electrons. The highest BCUT2D eigenvalue weighted by Crippen LogP contribution is 2.18. The Kier molecular flexibility index (Phi) is 6.56. The summed E-state index contributed by atoms with van der Waals surface area (Å²) in [6.45, 7) is -0.703. The van der Waals surface area contributed by atoms with Gasteiger partial charge in [-0.25, -0.2) is 8.42 Å². The minimum Gasteiger partial charge on any atom is -0.497 e. The number of anilines is 1. The van der Waals surface area contributed by atoms with E-state index >= 15 is 0 Å². The zero-order valence-electron chi connectivity index (χ0n) is 14.3. The van der Waals surface area contributed by atoms with Gasteiger partial charge in [0.2, 0.25) is 15.9 Å². The molecule has 0 bridgehead atoms. The highest BCUT2D eigenvalue weighted by atomic mass is 32.2. The summed E-state index contributed by atoms with van der Waals surface area (Å²) < 4.78 is 37.0. The first-order valence-electron chi connectivity index (χ1n) is 7.62. The molecule has 0 heterocycles. The number of nitrogens with one attached hydrogen (secondary N) is 2. The molecule has 2 aromatic rings. The smallest absolute Gasteiger partial charge is 0.244 e. The summed E-state index contributed by atoms with van der Waals surface area (Å²) in [5, 5.41) is 12.0. The van der Waals surface area contributed by atoms with Gasteiger partial charge in [0.25, 0.3) is 0 Å². The van der Waals surface area contributed by atoms with Gasteiger partial charge in [-0.2, -0.15) is 4.72 Å². The van der Waals surface area contributed by atoms with Gasteiger partial charge in [0.15, 0.2) is 0 Å². The third kappa shape index (κ3) is 4.94. The van der Waals surface area contributed by atoms with Crippen molar-refractivity contribution in [3.63, 3.8) is 0 Å². The molecule has 9 heteroatoms. The summed E-state index contributed by atoms with van der Waals surface area (Å²) in [5.74, 6) is 0.332. The quantitative estimate of drug-likeness (QED) is 0.629. The summed E-state index contributed by atoms with van der Waals surface area (Å²) in [5.41, 5.74) is 0.413. The van der Waals surface area contributed by atoms with Crippen molar-refractivity contribution in [1.82, 2.24) is 4.72 Å².